The van der Waals surface area contributed by atoms with E-state index in [1.165, 1.54) is 11.1 Å². The topological polar surface area (TPSA) is 12.4 Å². The minimum absolute atomic E-state index is 1.09. The summed E-state index contributed by atoms with van der Waals surface area (Å²) in [6.07, 6.45) is 4.48. The Morgan fingerprint density at radius 2 is 2.10 bits per heavy atom. The zero-order valence-corrected chi connectivity index (χ0v) is 7.02. The van der Waals surface area contributed by atoms with Crippen molar-refractivity contribution in [3.05, 3.63) is 23.9 Å². The lowest BCUT2D eigenvalue weighted by atomic mass is 10.1. The third-order valence-corrected chi connectivity index (χ3v) is 1.58. The Kier molecular flexibility index (Phi) is 4.55. The van der Waals surface area contributed by atoms with Crippen LogP contribution in [0.25, 0.3) is 0 Å². The minimum Gasteiger partial charge on any atom is -0.265 e. The lowest BCUT2D eigenvalue weighted by molar-refractivity contribution is 1.08. The summed E-state index contributed by atoms with van der Waals surface area (Å²) in [5.74, 6) is 0. The molecule has 0 aromatic carbocycles. The zero-order chi connectivity index (χ0) is 7.98. The van der Waals surface area contributed by atoms with E-state index >= 15 is 0 Å². The second-order valence-corrected chi connectivity index (χ2v) is 2.28. The first-order chi connectivity index (χ1) is 4.72. The molecule has 56 valence electrons. The van der Waals surface area contributed by atoms with Crippen LogP contribution in [0.2, 0.25) is 0 Å². The van der Waals surface area contributed by atoms with E-state index in [0.717, 1.165) is 6.42 Å². The van der Waals surface area contributed by atoms with Crippen molar-refractivity contribution in [1.82, 2.24) is 0 Å². The van der Waals surface area contributed by atoms with Crippen molar-refractivity contribution in [3.63, 3.8) is 0 Å². The van der Waals surface area contributed by atoms with E-state index in [1.54, 1.807) is 6.20 Å². The Balaban J connectivity index is 4.17. The van der Waals surface area contributed by atoms with Crippen LogP contribution in [0, 0.1) is 0 Å². The molecular formula is C9H15N. The average molecular weight is 137 g/mol. The van der Waals surface area contributed by atoms with Crippen molar-refractivity contribution in [2.75, 3.05) is 0 Å². The number of allylic oxidation sites excluding steroid dienone is 2. The maximum absolute atomic E-state index is 3.92. The highest BCUT2D eigenvalue weighted by Crippen LogP contribution is 2.04. The number of aliphatic imine (C=N–C) groups is 1. The highest BCUT2D eigenvalue weighted by molar-refractivity contribution is 5.79. The first-order valence-electron chi connectivity index (χ1n) is 3.52. The highest BCUT2D eigenvalue weighted by atomic mass is 14.7. The van der Waals surface area contributed by atoms with Crippen molar-refractivity contribution in [1.29, 1.82) is 0 Å². The van der Waals surface area contributed by atoms with Crippen molar-refractivity contribution in [3.8, 4) is 0 Å². The van der Waals surface area contributed by atoms with Gasteiger partial charge in [0.25, 0.3) is 0 Å². The first-order valence-corrected chi connectivity index (χ1v) is 3.52. The normalized spacial score (nSPS) is 13.5. The number of hydrogen-bond acceptors (Lipinski definition) is 1. The van der Waals surface area contributed by atoms with E-state index in [0.29, 0.717) is 0 Å². The van der Waals surface area contributed by atoms with Gasteiger partial charge in [0, 0.05) is 12.4 Å². The second-order valence-electron chi connectivity index (χ2n) is 2.28. The van der Waals surface area contributed by atoms with Gasteiger partial charge in [0.05, 0.1) is 0 Å². The molecule has 0 amide bonds. The number of hydrogen-bond donors (Lipinski definition) is 0. The van der Waals surface area contributed by atoms with Crippen molar-refractivity contribution < 1.29 is 0 Å². The molecule has 1 heteroatoms. The molecule has 0 aliphatic rings. The molecule has 10 heavy (non-hydrogen) atoms. The van der Waals surface area contributed by atoms with Gasteiger partial charge in [-0.25, -0.2) is 0 Å². The van der Waals surface area contributed by atoms with Crippen LogP contribution in [0.15, 0.2) is 28.9 Å². The molecule has 0 atom stereocenters. The standard InChI is InChI=1S/C9H15N/c1-5-8(3)9(4)7-10-6-2/h6-7H,2,5H2,1,3-4H3/b9-8+,10-7?. The summed E-state index contributed by atoms with van der Waals surface area (Å²) in [6, 6.07) is 0. The Morgan fingerprint density at radius 1 is 1.50 bits per heavy atom. The van der Waals surface area contributed by atoms with Crippen molar-refractivity contribution in [2.24, 2.45) is 4.99 Å². The van der Waals surface area contributed by atoms with Gasteiger partial charge in [-0.1, -0.05) is 19.1 Å². The van der Waals surface area contributed by atoms with Crippen LogP contribution >= 0.6 is 0 Å². The Morgan fingerprint density at radius 3 is 2.50 bits per heavy atom. The summed E-state index contributed by atoms with van der Waals surface area (Å²) >= 11 is 0. The summed E-state index contributed by atoms with van der Waals surface area (Å²) in [5.41, 5.74) is 2.62. The summed E-state index contributed by atoms with van der Waals surface area (Å²) in [4.78, 5) is 3.92. The van der Waals surface area contributed by atoms with E-state index in [9.17, 15) is 0 Å². The van der Waals surface area contributed by atoms with Gasteiger partial charge in [-0.15, -0.1) is 0 Å². The molecule has 0 aliphatic heterocycles. The van der Waals surface area contributed by atoms with Gasteiger partial charge < -0.3 is 0 Å². The fraction of sp³-hybridized carbons (Fsp3) is 0.444. The molecule has 0 bridgehead atoms. The number of nitrogens with zero attached hydrogens (tertiary/aromatic N) is 1. The van der Waals surface area contributed by atoms with Crippen LogP contribution in [-0.2, 0) is 0 Å². The second kappa shape index (κ2) is 4.98. The molecule has 1 nitrogen and oxygen atoms in total. The largest absolute Gasteiger partial charge is 0.265 e. The lowest BCUT2D eigenvalue weighted by Gasteiger charge is -1.96. The molecule has 0 saturated heterocycles. The quantitative estimate of drug-likeness (QED) is 0.530. The molecular weight excluding hydrogens is 122 g/mol. The lowest BCUT2D eigenvalue weighted by Crippen LogP contribution is -1.82. The molecule has 0 aromatic heterocycles. The maximum atomic E-state index is 3.92. The van der Waals surface area contributed by atoms with Crippen LogP contribution in [0.5, 0.6) is 0 Å². The van der Waals surface area contributed by atoms with E-state index in [2.05, 4.69) is 32.3 Å². The smallest absolute Gasteiger partial charge is 0.0296 e. The van der Waals surface area contributed by atoms with E-state index in [1.807, 2.05) is 6.21 Å². The van der Waals surface area contributed by atoms with Gasteiger partial charge in [0.2, 0.25) is 0 Å². The first kappa shape index (κ1) is 9.15. The van der Waals surface area contributed by atoms with Gasteiger partial charge in [0.1, 0.15) is 0 Å². The molecule has 0 fully saturated rings. The maximum Gasteiger partial charge on any atom is 0.0296 e. The van der Waals surface area contributed by atoms with Crippen LogP contribution in [0.3, 0.4) is 0 Å². The molecule has 0 radical (unpaired) electrons. The Labute approximate surface area is 63.2 Å². The minimum atomic E-state index is 1.09. The van der Waals surface area contributed by atoms with Crippen LogP contribution in [-0.4, -0.2) is 6.21 Å². The highest BCUT2D eigenvalue weighted by Gasteiger charge is 1.88. The van der Waals surface area contributed by atoms with Gasteiger partial charge >= 0.3 is 0 Å². The fourth-order valence-electron chi connectivity index (χ4n) is 0.554. The van der Waals surface area contributed by atoms with Gasteiger partial charge in [-0.05, 0) is 25.8 Å². The predicted octanol–water partition coefficient (Wildman–Crippen LogP) is 2.95. The molecule has 0 unspecified atom stereocenters. The summed E-state index contributed by atoms with van der Waals surface area (Å²) in [6.45, 7) is 9.81. The number of rotatable bonds is 3. The van der Waals surface area contributed by atoms with E-state index in [-0.39, 0.29) is 0 Å². The molecule has 0 aliphatic carbocycles. The Bertz CT molecular complexity index is 164. The third-order valence-electron chi connectivity index (χ3n) is 1.58. The zero-order valence-electron chi connectivity index (χ0n) is 7.02. The van der Waals surface area contributed by atoms with Crippen molar-refractivity contribution in [2.45, 2.75) is 27.2 Å². The fourth-order valence-corrected chi connectivity index (χ4v) is 0.554. The average Bonchev–Trinajstić information content (AvgIpc) is 1.98. The van der Waals surface area contributed by atoms with E-state index in [4.69, 9.17) is 0 Å². The SMILES string of the molecule is C=CN=C/C(C)=C(\C)CC. The van der Waals surface area contributed by atoms with Gasteiger partial charge in [0.15, 0.2) is 0 Å². The third kappa shape index (κ3) is 3.23. The molecule has 0 spiro atoms. The van der Waals surface area contributed by atoms with Crippen LogP contribution in [0.1, 0.15) is 27.2 Å². The van der Waals surface area contributed by atoms with Crippen LogP contribution < -0.4 is 0 Å². The van der Waals surface area contributed by atoms with E-state index < -0.39 is 0 Å². The Hall–Kier alpha value is -0.850. The molecule has 0 aromatic rings. The predicted molar refractivity (Wildman–Crippen MR) is 47.4 cm³/mol. The van der Waals surface area contributed by atoms with Gasteiger partial charge in [-0.3, -0.25) is 4.99 Å². The molecule has 0 N–H and O–H groups in total. The molecule has 0 heterocycles. The van der Waals surface area contributed by atoms with Crippen molar-refractivity contribution >= 4 is 6.21 Å². The summed E-state index contributed by atoms with van der Waals surface area (Å²) in [7, 11) is 0. The summed E-state index contributed by atoms with van der Waals surface area (Å²) < 4.78 is 0. The molecule has 0 saturated carbocycles. The monoisotopic (exact) mass is 137 g/mol. The van der Waals surface area contributed by atoms with Crippen LogP contribution in [0.4, 0.5) is 0 Å². The summed E-state index contributed by atoms with van der Waals surface area (Å²) in [5, 5.41) is 0. The van der Waals surface area contributed by atoms with Gasteiger partial charge in [-0.2, -0.15) is 0 Å². The molecule has 0 rings (SSSR count).